The minimum absolute atomic E-state index is 0.220. The molecule has 0 saturated heterocycles. The number of rotatable bonds is 5. The van der Waals surface area contributed by atoms with Crippen LogP contribution in [0.1, 0.15) is 24.2 Å². The summed E-state index contributed by atoms with van der Waals surface area (Å²) in [7, 11) is 1.27. The number of benzene rings is 2. The molecule has 0 radical (unpaired) electrons. The van der Waals surface area contributed by atoms with Crippen LogP contribution in [0.25, 0.3) is 11.3 Å². The molecule has 3 rings (SSSR count). The quantitative estimate of drug-likeness (QED) is 0.675. The number of methoxy groups -OCH3 is 1. The molecule has 0 atom stereocenters. The van der Waals surface area contributed by atoms with Crippen LogP contribution in [0, 0.1) is 0 Å². The maximum atomic E-state index is 13.0. The van der Waals surface area contributed by atoms with E-state index >= 15 is 0 Å². The van der Waals surface area contributed by atoms with Gasteiger partial charge in [0.2, 0.25) is 0 Å². The van der Waals surface area contributed by atoms with Crippen LogP contribution in [0.15, 0.2) is 71.5 Å². The van der Waals surface area contributed by atoms with Gasteiger partial charge in [0, 0.05) is 11.6 Å². The minimum atomic E-state index is -1.31. The highest BCUT2D eigenvalue weighted by Crippen LogP contribution is 2.22. The summed E-state index contributed by atoms with van der Waals surface area (Å²) in [6, 6.07) is 18.9. The molecule has 0 fully saturated rings. The van der Waals surface area contributed by atoms with Crippen molar-refractivity contribution in [1.82, 2.24) is 9.78 Å². The summed E-state index contributed by atoms with van der Waals surface area (Å²) in [4.78, 5) is 37.5. The van der Waals surface area contributed by atoms with Gasteiger partial charge in [0.15, 0.2) is 0 Å². The van der Waals surface area contributed by atoms with Crippen LogP contribution < -0.4 is 10.9 Å². The van der Waals surface area contributed by atoms with Crippen LogP contribution in [0.4, 0.5) is 5.69 Å². The minimum Gasteiger partial charge on any atom is -0.465 e. The summed E-state index contributed by atoms with van der Waals surface area (Å²) in [5.74, 6) is -1.06. The molecule has 2 aromatic carbocycles. The van der Waals surface area contributed by atoms with Crippen molar-refractivity contribution < 1.29 is 14.3 Å². The Morgan fingerprint density at radius 3 is 2.31 bits per heavy atom. The van der Waals surface area contributed by atoms with Crippen molar-refractivity contribution >= 4 is 17.6 Å². The summed E-state index contributed by atoms with van der Waals surface area (Å²) in [5, 5.41) is 7.11. The molecule has 29 heavy (non-hydrogen) atoms. The van der Waals surface area contributed by atoms with Crippen molar-refractivity contribution in [2.24, 2.45) is 0 Å². The first-order valence-electron chi connectivity index (χ1n) is 8.99. The standard InChI is InChI=1S/C22H21N3O4/c1-22(2,21(28)23-18-12-8-7-11-16(18)20(27)29-3)25-19(26)14-13-17(24-25)15-9-5-4-6-10-15/h4-14H,1-3H3,(H,23,28). The summed E-state index contributed by atoms with van der Waals surface area (Å²) in [6.45, 7) is 3.18. The second-order valence-electron chi connectivity index (χ2n) is 6.88. The number of carbonyl (C=O) groups is 2. The van der Waals surface area contributed by atoms with E-state index in [-0.39, 0.29) is 5.56 Å². The lowest BCUT2D eigenvalue weighted by atomic mass is 10.0. The van der Waals surface area contributed by atoms with E-state index in [0.29, 0.717) is 11.4 Å². The van der Waals surface area contributed by atoms with Crippen molar-refractivity contribution in [3.05, 3.63) is 82.6 Å². The van der Waals surface area contributed by atoms with Crippen molar-refractivity contribution in [3.63, 3.8) is 0 Å². The molecule has 1 amide bonds. The fourth-order valence-corrected chi connectivity index (χ4v) is 2.83. The molecule has 0 aliphatic rings. The van der Waals surface area contributed by atoms with Gasteiger partial charge in [0.25, 0.3) is 11.5 Å². The number of nitrogens with one attached hydrogen (secondary N) is 1. The van der Waals surface area contributed by atoms with E-state index in [1.54, 1.807) is 44.2 Å². The molecule has 0 bridgehead atoms. The lowest BCUT2D eigenvalue weighted by Gasteiger charge is -2.25. The van der Waals surface area contributed by atoms with Gasteiger partial charge in [-0.05, 0) is 32.0 Å². The Hall–Kier alpha value is -3.74. The van der Waals surface area contributed by atoms with Crippen LogP contribution in [0.2, 0.25) is 0 Å². The Balaban J connectivity index is 1.96. The fourth-order valence-electron chi connectivity index (χ4n) is 2.83. The maximum absolute atomic E-state index is 13.0. The van der Waals surface area contributed by atoms with Gasteiger partial charge in [-0.3, -0.25) is 9.59 Å². The zero-order valence-electron chi connectivity index (χ0n) is 16.4. The van der Waals surface area contributed by atoms with Crippen molar-refractivity contribution in [1.29, 1.82) is 0 Å². The summed E-state index contributed by atoms with van der Waals surface area (Å²) < 4.78 is 5.90. The average Bonchev–Trinajstić information content (AvgIpc) is 2.74. The SMILES string of the molecule is COC(=O)c1ccccc1NC(=O)C(C)(C)n1nc(-c2ccccc2)ccc1=O. The Morgan fingerprint density at radius 2 is 1.62 bits per heavy atom. The normalized spacial score (nSPS) is 11.0. The highest BCUT2D eigenvalue weighted by atomic mass is 16.5. The monoisotopic (exact) mass is 391 g/mol. The molecule has 7 heteroatoms. The van der Waals surface area contributed by atoms with Gasteiger partial charge in [-0.2, -0.15) is 5.10 Å². The summed E-state index contributed by atoms with van der Waals surface area (Å²) in [6.07, 6.45) is 0. The second-order valence-corrected chi connectivity index (χ2v) is 6.88. The molecule has 0 spiro atoms. The highest BCUT2D eigenvalue weighted by Gasteiger charge is 2.33. The lowest BCUT2D eigenvalue weighted by Crippen LogP contribution is -2.47. The number of hydrogen-bond acceptors (Lipinski definition) is 5. The molecule has 0 aliphatic carbocycles. The third kappa shape index (κ3) is 4.08. The van der Waals surface area contributed by atoms with Gasteiger partial charge < -0.3 is 10.1 Å². The molecule has 3 aromatic rings. The van der Waals surface area contributed by atoms with Crippen LogP contribution in [-0.4, -0.2) is 28.8 Å². The maximum Gasteiger partial charge on any atom is 0.339 e. The molecular weight excluding hydrogens is 370 g/mol. The largest absolute Gasteiger partial charge is 0.465 e. The number of amides is 1. The lowest BCUT2D eigenvalue weighted by molar-refractivity contribution is -0.123. The van der Waals surface area contributed by atoms with Crippen LogP contribution in [0.3, 0.4) is 0 Å². The van der Waals surface area contributed by atoms with E-state index in [9.17, 15) is 14.4 Å². The zero-order valence-corrected chi connectivity index (χ0v) is 16.4. The first-order valence-corrected chi connectivity index (χ1v) is 8.99. The Labute approximate surface area is 168 Å². The number of anilines is 1. The number of nitrogens with zero attached hydrogens (tertiary/aromatic N) is 2. The van der Waals surface area contributed by atoms with Gasteiger partial charge in [-0.25, -0.2) is 9.48 Å². The van der Waals surface area contributed by atoms with Crippen LogP contribution >= 0.6 is 0 Å². The van der Waals surface area contributed by atoms with Crippen molar-refractivity contribution in [3.8, 4) is 11.3 Å². The smallest absolute Gasteiger partial charge is 0.339 e. The molecule has 148 valence electrons. The second kappa shape index (κ2) is 8.10. The van der Waals surface area contributed by atoms with Gasteiger partial charge in [-0.15, -0.1) is 0 Å². The zero-order chi connectivity index (χ0) is 21.0. The number of hydrogen-bond donors (Lipinski definition) is 1. The molecule has 0 saturated carbocycles. The number of para-hydroxylation sites is 1. The van der Waals surface area contributed by atoms with Crippen molar-refractivity contribution in [2.75, 3.05) is 12.4 Å². The number of carbonyl (C=O) groups excluding carboxylic acids is 2. The van der Waals surface area contributed by atoms with Crippen LogP contribution in [-0.2, 0) is 15.1 Å². The number of ether oxygens (including phenoxy) is 1. The fraction of sp³-hybridized carbons (Fsp3) is 0.182. The third-order valence-electron chi connectivity index (χ3n) is 4.54. The van der Waals surface area contributed by atoms with Crippen molar-refractivity contribution in [2.45, 2.75) is 19.4 Å². The van der Waals surface area contributed by atoms with E-state index in [4.69, 9.17) is 4.74 Å². The third-order valence-corrected chi connectivity index (χ3v) is 4.54. The van der Waals surface area contributed by atoms with Gasteiger partial charge >= 0.3 is 5.97 Å². The number of esters is 1. The predicted octanol–water partition coefficient (Wildman–Crippen LogP) is 3.07. The summed E-state index contributed by atoms with van der Waals surface area (Å²) >= 11 is 0. The molecule has 1 heterocycles. The Bertz CT molecular complexity index is 1100. The Kier molecular flexibility index (Phi) is 5.59. The first kappa shape index (κ1) is 20.0. The Morgan fingerprint density at radius 1 is 0.966 bits per heavy atom. The van der Waals surface area contributed by atoms with E-state index in [0.717, 1.165) is 10.2 Å². The molecular formula is C22H21N3O4. The van der Waals surface area contributed by atoms with E-state index in [1.165, 1.54) is 13.2 Å². The predicted molar refractivity (Wildman–Crippen MR) is 110 cm³/mol. The summed E-state index contributed by atoms with van der Waals surface area (Å²) in [5.41, 5.74) is 0.188. The number of aromatic nitrogens is 2. The average molecular weight is 391 g/mol. The topological polar surface area (TPSA) is 90.3 Å². The molecule has 0 aliphatic heterocycles. The first-order chi connectivity index (χ1) is 13.8. The van der Waals surface area contributed by atoms with E-state index < -0.39 is 23.0 Å². The van der Waals surface area contributed by atoms with Gasteiger partial charge in [0.1, 0.15) is 5.54 Å². The van der Waals surface area contributed by atoms with Crippen LogP contribution in [0.5, 0.6) is 0 Å². The molecule has 1 N–H and O–H groups in total. The van der Waals surface area contributed by atoms with Gasteiger partial charge in [-0.1, -0.05) is 42.5 Å². The molecule has 1 aromatic heterocycles. The van der Waals surface area contributed by atoms with E-state index in [1.807, 2.05) is 30.3 Å². The van der Waals surface area contributed by atoms with Gasteiger partial charge in [0.05, 0.1) is 24.1 Å². The molecule has 0 unspecified atom stereocenters. The molecule has 7 nitrogen and oxygen atoms in total. The highest BCUT2D eigenvalue weighted by molar-refractivity contribution is 6.03. The van der Waals surface area contributed by atoms with E-state index in [2.05, 4.69) is 10.4 Å².